The van der Waals surface area contributed by atoms with Gasteiger partial charge in [0.1, 0.15) is 6.61 Å². The topological polar surface area (TPSA) is 101 Å². The van der Waals surface area contributed by atoms with Crippen LogP contribution in [0, 0.1) is 28.6 Å². The fourth-order valence-corrected chi connectivity index (χ4v) is 8.12. The van der Waals surface area contributed by atoms with Gasteiger partial charge in [-0.25, -0.2) is 0 Å². The van der Waals surface area contributed by atoms with Crippen LogP contribution in [0.25, 0.3) is 0 Å². The number of benzene rings is 1. The van der Waals surface area contributed by atoms with Gasteiger partial charge in [-0.2, -0.15) is 0 Å². The molecule has 0 amide bonds. The molecule has 0 aromatic heterocycles. The Morgan fingerprint density at radius 2 is 1.89 bits per heavy atom. The maximum Gasteiger partial charge on any atom is 0.311 e. The number of aliphatic hydroxyl groups excluding tert-OH is 2. The third-order valence-electron chi connectivity index (χ3n) is 9.69. The number of rotatable bonds is 5. The number of fused-ring (bicyclic) bond motifs is 5. The second-order valence-corrected chi connectivity index (χ2v) is 11.3. The van der Waals surface area contributed by atoms with Gasteiger partial charge in [-0.05, 0) is 61.7 Å². The average Bonchev–Trinajstić information content (AvgIpc) is 3.11. The number of carbonyl (C=O) groups excluding carboxylic acids is 3. The maximum absolute atomic E-state index is 13.3. The molecule has 0 spiro atoms. The molecule has 0 aliphatic heterocycles. The van der Waals surface area contributed by atoms with Crippen LogP contribution in [-0.2, 0) is 25.5 Å². The number of carbonyl (C=O) groups is 3. The van der Waals surface area contributed by atoms with E-state index in [0.29, 0.717) is 19.3 Å². The van der Waals surface area contributed by atoms with Crippen molar-refractivity contribution >= 4 is 17.5 Å². The minimum absolute atomic E-state index is 0.00943. The van der Waals surface area contributed by atoms with E-state index in [9.17, 15) is 24.6 Å². The highest BCUT2D eigenvalue weighted by Crippen LogP contribution is 2.67. The minimum Gasteiger partial charge on any atom is -0.450 e. The third kappa shape index (κ3) is 3.56. The fourth-order valence-electron chi connectivity index (χ4n) is 8.12. The Bertz CT molecular complexity index is 1110. The number of allylic oxidation sites excluding steroid dienone is 4. The van der Waals surface area contributed by atoms with Crippen LogP contribution in [0.2, 0.25) is 0 Å². The van der Waals surface area contributed by atoms with Crippen LogP contribution in [0.1, 0.15) is 51.5 Å². The summed E-state index contributed by atoms with van der Waals surface area (Å²) in [5, 5.41) is 21.5. The molecule has 5 rings (SSSR count). The zero-order valence-electron chi connectivity index (χ0n) is 20.4. The van der Waals surface area contributed by atoms with Gasteiger partial charge in [0.25, 0.3) is 0 Å². The monoisotopic (exact) mass is 478 g/mol. The lowest BCUT2D eigenvalue weighted by atomic mass is 9.46. The summed E-state index contributed by atoms with van der Waals surface area (Å²) < 4.78 is 6.07. The smallest absolute Gasteiger partial charge is 0.311 e. The van der Waals surface area contributed by atoms with E-state index in [0.717, 1.165) is 24.0 Å². The minimum atomic E-state index is -1.46. The second-order valence-electron chi connectivity index (χ2n) is 11.3. The van der Waals surface area contributed by atoms with Crippen molar-refractivity contribution in [3.63, 3.8) is 0 Å². The van der Waals surface area contributed by atoms with E-state index >= 15 is 0 Å². The molecule has 0 bridgehead atoms. The van der Waals surface area contributed by atoms with E-state index in [4.69, 9.17) is 4.74 Å². The van der Waals surface area contributed by atoms with E-state index < -0.39 is 40.9 Å². The van der Waals surface area contributed by atoms with Crippen LogP contribution in [-0.4, -0.2) is 46.1 Å². The largest absolute Gasteiger partial charge is 0.450 e. The molecule has 6 heteroatoms. The molecule has 0 saturated heterocycles. The Morgan fingerprint density at radius 1 is 1.14 bits per heavy atom. The predicted octanol–water partition coefficient (Wildman–Crippen LogP) is 3.35. The van der Waals surface area contributed by atoms with Crippen molar-refractivity contribution in [1.82, 2.24) is 0 Å². The predicted molar refractivity (Wildman–Crippen MR) is 129 cm³/mol. The Kier molecular flexibility index (Phi) is 5.88. The number of hydrogen-bond donors (Lipinski definition) is 2. The highest BCUT2D eigenvalue weighted by molar-refractivity contribution is 6.01. The van der Waals surface area contributed by atoms with Gasteiger partial charge in [0.05, 0.1) is 12.5 Å². The average molecular weight is 479 g/mol. The van der Waals surface area contributed by atoms with Crippen LogP contribution < -0.4 is 0 Å². The molecule has 4 aliphatic carbocycles. The van der Waals surface area contributed by atoms with E-state index in [2.05, 4.69) is 6.92 Å². The molecule has 3 fully saturated rings. The molecule has 35 heavy (non-hydrogen) atoms. The maximum atomic E-state index is 13.3. The number of ether oxygens (including phenoxy) is 1. The zero-order chi connectivity index (χ0) is 25.0. The summed E-state index contributed by atoms with van der Waals surface area (Å²) in [5.41, 5.74) is -0.788. The summed E-state index contributed by atoms with van der Waals surface area (Å²) in [6.45, 7) is 3.35. The number of esters is 1. The molecule has 186 valence electrons. The Balaban J connectivity index is 1.48. The number of hydrogen-bond acceptors (Lipinski definition) is 6. The molecule has 7 atom stereocenters. The molecule has 1 unspecified atom stereocenters. The lowest BCUT2D eigenvalue weighted by Crippen LogP contribution is -2.63. The van der Waals surface area contributed by atoms with E-state index in [-0.39, 0.29) is 30.0 Å². The van der Waals surface area contributed by atoms with Crippen molar-refractivity contribution in [2.24, 2.45) is 28.6 Å². The quantitative estimate of drug-likeness (QED) is 0.630. The highest BCUT2D eigenvalue weighted by atomic mass is 16.6. The van der Waals surface area contributed by atoms with E-state index in [1.165, 1.54) is 0 Å². The molecular formula is C29H34O6. The normalized spacial score (nSPS) is 39.8. The fraction of sp³-hybridized carbons (Fsp3) is 0.552. The lowest BCUT2D eigenvalue weighted by molar-refractivity contribution is -0.199. The van der Waals surface area contributed by atoms with Crippen LogP contribution >= 0.6 is 0 Å². The van der Waals surface area contributed by atoms with Crippen LogP contribution in [0.4, 0.5) is 0 Å². The summed E-state index contributed by atoms with van der Waals surface area (Å²) in [5.74, 6) is -0.897. The van der Waals surface area contributed by atoms with Gasteiger partial charge in [0, 0.05) is 16.7 Å². The van der Waals surface area contributed by atoms with Gasteiger partial charge in [-0.3, -0.25) is 14.4 Å². The highest BCUT2D eigenvalue weighted by Gasteiger charge is 2.70. The van der Waals surface area contributed by atoms with Crippen molar-refractivity contribution < 1.29 is 29.3 Å². The Hall–Kier alpha value is -2.57. The summed E-state index contributed by atoms with van der Waals surface area (Å²) in [4.78, 5) is 38.4. The van der Waals surface area contributed by atoms with Gasteiger partial charge < -0.3 is 14.9 Å². The van der Waals surface area contributed by atoms with Crippen molar-refractivity contribution in [3.05, 3.63) is 59.7 Å². The zero-order valence-corrected chi connectivity index (χ0v) is 20.4. The second kappa shape index (κ2) is 8.52. The summed E-state index contributed by atoms with van der Waals surface area (Å²) in [6, 6.07) is 9.25. The first-order valence-electron chi connectivity index (χ1n) is 12.7. The van der Waals surface area contributed by atoms with Gasteiger partial charge in [0.15, 0.2) is 11.4 Å². The van der Waals surface area contributed by atoms with Gasteiger partial charge in [-0.1, -0.05) is 55.8 Å². The number of ketones is 2. The first kappa shape index (κ1) is 24.1. The van der Waals surface area contributed by atoms with E-state index in [1.54, 1.807) is 12.2 Å². The third-order valence-corrected chi connectivity index (χ3v) is 9.69. The number of Topliss-reactive ketones (excluding diaryl/α,β-unsaturated/α-hetero) is 1. The standard InChI is InChI=1S/C29H34O6/c1-27-12-10-20(31)15-19(27)8-9-21-22-11-13-29(24(33)17-30,28(22,2)16-23(32)26(21)27)35-25(34)14-18-6-4-3-5-7-18/h3-7,10,12,15,21-23,26,30,32H,8-9,11,13-14,16-17H2,1-2H3/t21-,22-,23?,26+,27-,28-,29-/m0/s1. The molecule has 2 N–H and O–H groups in total. The molecule has 6 nitrogen and oxygen atoms in total. The Morgan fingerprint density at radius 3 is 2.60 bits per heavy atom. The summed E-state index contributed by atoms with van der Waals surface area (Å²) in [7, 11) is 0. The molecule has 1 aromatic carbocycles. The molecule has 1 aromatic rings. The van der Waals surface area contributed by atoms with Crippen LogP contribution in [0.5, 0.6) is 0 Å². The molecule has 3 saturated carbocycles. The van der Waals surface area contributed by atoms with Crippen molar-refractivity contribution in [3.8, 4) is 0 Å². The molecule has 4 aliphatic rings. The summed E-state index contributed by atoms with van der Waals surface area (Å²) >= 11 is 0. The van der Waals surface area contributed by atoms with Crippen molar-refractivity contribution in [1.29, 1.82) is 0 Å². The lowest BCUT2D eigenvalue weighted by Gasteiger charge is -2.59. The van der Waals surface area contributed by atoms with Gasteiger partial charge >= 0.3 is 5.97 Å². The van der Waals surface area contributed by atoms with Crippen LogP contribution in [0.15, 0.2) is 54.1 Å². The van der Waals surface area contributed by atoms with Crippen LogP contribution in [0.3, 0.4) is 0 Å². The number of aliphatic hydroxyl groups is 2. The molecular weight excluding hydrogens is 444 g/mol. The Labute approximate surface area is 206 Å². The van der Waals surface area contributed by atoms with Crippen molar-refractivity contribution in [2.75, 3.05) is 6.61 Å². The molecule has 0 heterocycles. The summed E-state index contributed by atoms with van der Waals surface area (Å²) in [6.07, 6.45) is 7.49. The SMILES string of the molecule is C[C@]12C=CC(=O)C=C1CC[C@@H]1[C@@H]2C(O)C[C@@]2(C)[C@H]1CC[C@]2(OC(=O)Cc1ccccc1)C(=O)CO. The molecule has 0 radical (unpaired) electrons. The van der Waals surface area contributed by atoms with Gasteiger partial charge in [-0.15, -0.1) is 0 Å². The first-order chi connectivity index (χ1) is 16.6. The first-order valence-corrected chi connectivity index (χ1v) is 12.7. The van der Waals surface area contributed by atoms with Gasteiger partial charge in [0.2, 0.25) is 5.78 Å². The van der Waals surface area contributed by atoms with Crippen molar-refractivity contribution in [2.45, 2.75) is 64.1 Å². The van der Waals surface area contributed by atoms with E-state index in [1.807, 2.05) is 43.3 Å².